The van der Waals surface area contributed by atoms with E-state index in [1.54, 1.807) is 6.92 Å². The van der Waals surface area contributed by atoms with Gasteiger partial charge in [-0.2, -0.15) is 13.2 Å². The van der Waals surface area contributed by atoms with Crippen molar-refractivity contribution in [2.75, 3.05) is 12.4 Å². The summed E-state index contributed by atoms with van der Waals surface area (Å²) in [5.41, 5.74) is -0.557. The van der Waals surface area contributed by atoms with Crippen molar-refractivity contribution in [2.24, 2.45) is 4.99 Å². The summed E-state index contributed by atoms with van der Waals surface area (Å²) in [6.07, 6.45) is -4.41. The monoisotopic (exact) mass is 331 g/mol. The number of hydrogen-bond acceptors (Lipinski definition) is 5. The molecule has 1 aliphatic heterocycles. The maximum absolute atomic E-state index is 12.5. The SMILES string of the molecule is CCOC(=O)C1=C(O)CSC1=Nc1ccc(C(F)(F)F)cc1. The highest BCUT2D eigenvalue weighted by Gasteiger charge is 2.31. The van der Waals surface area contributed by atoms with Gasteiger partial charge in [0.1, 0.15) is 16.4 Å². The molecule has 0 atom stereocenters. The van der Waals surface area contributed by atoms with Crippen LogP contribution in [0.2, 0.25) is 0 Å². The Labute approximate surface area is 128 Å². The van der Waals surface area contributed by atoms with Gasteiger partial charge in [-0.15, -0.1) is 0 Å². The first-order valence-electron chi connectivity index (χ1n) is 6.31. The molecule has 0 radical (unpaired) electrons. The predicted molar refractivity (Wildman–Crippen MR) is 77.3 cm³/mol. The number of esters is 1. The molecule has 1 aromatic carbocycles. The Bertz CT molecular complexity index is 636. The van der Waals surface area contributed by atoms with Crippen molar-refractivity contribution in [1.82, 2.24) is 0 Å². The third-order valence-corrected chi connectivity index (χ3v) is 3.74. The summed E-state index contributed by atoms with van der Waals surface area (Å²) >= 11 is 1.12. The van der Waals surface area contributed by atoms with Gasteiger partial charge in [-0.05, 0) is 31.2 Å². The highest BCUT2D eigenvalue weighted by molar-refractivity contribution is 8.15. The van der Waals surface area contributed by atoms with E-state index in [2.05, 4.69) is 4.99 Å². The number of carbonyl (C=O) groups is 1. The molecule has 1 aliphatic rings. The van der Waals surface area contributed by atoms with Crippen molar-refractivity contribution in [3.05, 3.63) is 41.2 Å². The van der Waals surface area contributed by atoms with Crippen molar-refractivity contribution < 1.29 is 27.8 Å². The molecular formula is C14H12F3NO3S. The van der Waals surface area contributed by atoms with Gasteiger partial charge in [-0.25, -0.2) is 9.79 Å². The molecule has 1 N–H and O–H groups in total. The van der Waals surface area contributed by atoms with E-state index in [0.29, 0.717) is 0 Å². The van der Waals surface area contributed by atoms with Gasteiger partial charge in [0.25, 0.3) is 0 Å². The van der Waals surface area contributed by atoms with E-state index < -0.39 is 17.7 Å². The molecule has 0 aliphatic carbocycles. The van der Waals surface area contributed by atoms with E-state index in [4.69, 9.17) is 4.74 Å². The lowest BCUT2D eigenvalue weighted by Gasteiger charge is -2.07. The molecule has 1 aromatic rings. The fraction of sp³-hybridized carbons (Fsp3) is 0.286. The standard InChI is InChI=1S/C14H12F3NO3S/c1-2-21-13(20)11-10(19)7-22-12(11)18-9-5-3-8(4-6-9)14(15,16)17/h3-6,19H,2,7H2,1H3. The van der Waals surface area contributed by atoms with Gasteiger partial charge in [-0.3, -0.25) is 0 Å². The second-order valence-electron chi connectivity index (χ2n) is 4.29. The minimum absolute atomic E-state index is 0.0354. The molecular weight excluding hydrogens is 319 g/mol. The lowest BCUT2D eigenvalue weighted by molar-refractivity contribution is -0.138. The molecule has 0 saturated heterocycles. The van der Waals surface area contributed by atoms with Crippen LogP contribution in [0.25, 0.3) is 0 Å². The van der Waals surface area contributed by atoms with E-state index in [9.17, 15) is 23.1 Å². The fourth-order valence-corrected chi connectivity index (χ4v) is 2.68. The third-order valence-electron chi connectivity index (χ3n) is 2.75. The first kappa shape index (κ1) is 16.4. The van der Waals surface area contributed by atoms with Gasteiger partial charge in [0.2, 0.25) is 0 Å². The summed E-state index contributed by atoms with van der Waals surface area (Å²) in [6, 6.07) is 4.22. The molecule has 8 heteroatoms. The van der Waals surface area contributed by atoms with E-state index in [1.165, 1.54) is 12.1 Å². The number of alkyl halides is 3. The van der Waals surface area contributed by atoms with Gasteiger partial charge in [0, 0.05) is 0 Å². The molecule has 1 heterocycles. The second-order valence-corrected chi connectivity index (χ2v) is 5.26. The normalized spacial score (nSPS) is 17.2. The molecule has 22 heavy (non-hydrogen) atoms. The Morgan fingerprint density at radius 1 is 1.36 bits per heavy atom. The van der Waals surface area contributed by atoms with Crippen LogP contribution < -0.4 is 0 Å². The first-order valence-corrected chi connectivity index (χ1v) is 7.30. The molecule has 0 amide bonds. The van der Waals surface area contributed by atoms with E-state index >= 15 is 0 Å². The highest BCUT2D eigenvalue weighted by Crippen LogP contribution is 2.32. The van der Waals surface area contributed by atoms with Crippen LogP contribution in [0, 0.1) is 0 Å². The van der Waals surface area contributed by atoms with Crippen molar-refractivity contribution >= 4 is 28.5 Å². The van der Waals surface area contributed by atoms with Gasteiger partial charge in [0.05, 0.1) is 23.6 Å². The van der Waals surface area contributed by atoms with Crippen LogP contribution in [0.15, 0.2) is 40.6 Å². The molecule has 0 unspecified atom stereocenters. The number of thioether (sulfide) groups is 1. The summed E-state index contributed by atoms with van der Waals surface area (Å²) < 4.78 is 42.3. The quantitative estimate of drug-likeness (QED) is 0.855. The zero-order chi connectivity index (χ0) is 16.3. The molecule has 118 valence electrons. The van der Waals surface area contributed by atoms with E-state index in [-0.39, 0.29) is 34.4 Å². The van der Waals surface area contributed by atoms with Crippen LogP contribution in [-0.2, 0) is 15.7 Å². The zero-order valence-corrected chi connectivity index (χ0v) is 12.3. The van der Waals surface area contributed by atoms with Gasteiger partial charge >= 0.3 is 12.1 Å². The number of carbonyl (C=O) groups excluding carboxylic acids is 1. The van der Waals surface area contributed by atoms with E-state index in [0.717, 1.165) is 23.9 Å². The Morgan fingerprint density at radius 2 is 2.00 bits per heavy atom. The van der Waals surface area contributed by atoms with Crippen LogP contribution in [0.3, 0.4) is 0 Å². The Hall–Kier alpha value is -1.96. The maximum Gasteiger partial charge on any atom is 0.416 e. The van der Waals surface area contributed by atoms with Crippen LogP contribution in [0.4, 0.5) is 18.9 Å². The number of nitrogens with zero attached hydrogens (tertiary/aromatic N) is 1. The smallest absolute Gasteiger partial charge is 0.416 e. The average Bonchev–Trinajstić information content (AvgIpc) is 2.79. The molecule has 0 saturated carbocycles. The molecule has 0 aromatic heterocycles. The Morgan fingerprint density at radius 3 is 2.55 bits per heavy atom. The average molecular weight is 331 g/mol. The lowest BCUT2D eigenvalue weighted by atomic mass is 10.2. The summed E-state index contributed by atoms with van der Waals surface area (Å²) in [7, 11) is 0. The largest absolute Gasteiger partial charge is 0.510 e. The maximum atomic E-state index is 12.5. The number of halogens is 3. The minimum Gasteiger partial charge on any atom is -0.510 e. The molecule has 4 nitrogen and oxygen atoms in total. The van der Waals surface area contributed by atoms with E-state index in [1.807, 2.05) is 0 Å². The van der Waals surface area contributed by atoms with Crippen molar-refractivity contribution in [3.63, 3.8) is 0 Å². The summed E-state index contributed by atoms with van der Waals surface area (Å²) in [4.78, 5) is 15.9. The van der Waals surface area contributed by atoms with Crippen molar-refractivity contribution in [3.8, 4) is 0 Å². The zero-order valence-electron chi connectivity index (χ0n) is 11.5. The minimum atomic E-state index is -4.41. The molecule has 2 rings (SSSR count). The van der Waals surface area contributed by atoms with Crippen LogP contribution in [0.1, 0.15) is 12.5 Å². The second kappa shape index (κ2) is 6.43. The van der Waals surface area contributed by atoms with Gasteiger partial charge < -0.3 is 9.84 Å². The third kappa shape index (κ3) is 3.62. The number of aliphatic hydroxyl groups is 1. The Balaban J connectivity index is 2.27. The molecule has 0 spiro atoms. The number of aliphatic hydroxyl groups excluding tert-OH is 1. The Kier molecular flexibility index (Phi) is 4.80. The number of benzene rings is 1. The van der Waals surface area contributed by atoms with Crippen LogP contribution >= 0.6 is 11.8 Å². The first-order chi connectivity index (χ1) is 10.3. The van der Waals surface area contributed by atoms with Crippen LogP contribution in [-0.4, -0.2) is 28.5 Å². The van der Waals surface area contributed by atoms with Crippen LogP contribution in [0.5, 0.6) is 0 Å². The topological polar surface area (TPSA) is 58.9 Å². The van der Waals surface area contributed by atoms with Gasteiger partial charge in [-0.1, -0.05) is 11.8 Å². The number of hydrogen-bond donors (Lipinski definition) is 1. The predicted octanol–water partition coefficient (Wildman–Crippen LogP) is 3.86. The summed E-state index contributed by atoms with van der Waals surface area (Å²) in [5.74, 6) is -0.669. The van der Waals surface area contributed by atoms with Gasteiger partial charge in [0.15, 0.2) is 0 Å². The summed E-state index contributed by atoms with van der Waals surface area (Å²) in [6.45, 7) is 1.78. The van der Waals surface area contributed by atoms with Crippen molar-refractivity contribution in [2.45, 2.75) is 13.1 Å². The lowest BCUT2D eigenvalue weighted by Crippen LogP contribution is -2.12. The number of aliphatic imine (C=N–C) groups is 1. The number of rotatable bonds is 3. The highest BCUT2D eigenvalue weighted by atomic mass is 32.2. The molecule has 0 bridgehead atoms. The number of ether oxygens (including phenoxy) is 1. The fourth-order valence-electron chi connectivity index (χ4n) is 1.74. The molecule has 0 fully saturated rings. The summed E-state index contributed by atoms with van der Waals surface area (Å²) in [5, 5.41) is 9.95. The van der Waals surface area contributed by atoms with Crippen molar-refractivity contribution in [1.29, 1.82) is 0 Å².